The molecule has 7 heteroatoms. The molecule has 0 saturated heterocycles. The second-order valence-electron chi connectivity index (χ2n) is 2.19. The Hall–Kier alpha value is -0.230. The van der Waals surface area contributed by atoms with E-state index in [0.717, 1.165) is 0 Å². The average molecular weight is 216 g/mol. The van der Waals surface area contributed by atoms with Gasteiger partial charge in [0.1, 0.15) is 13.1 Å². The Labute approximate surface area is 80.5 Å². The zero-order chi connectivity index (χ0) is 9.61. The molecule has 0 rings (SSSR count). The molecule has 12 heavy (non-hydrogen) atoms. The lowest BCUT2D eigenvalue weighted by Crippen LogP contribution is -2.59. The summed E-state index contributed by atoms with van der Waals surface area (Å²) in [6.45, 7) is 0.106. The van der Waals surface area contributed by atoms with Gasteiger partial charge in [0.2, 0.25) is 0 Å². The quantitative estimate of drug-likeness (QED) is 0.395. The summed E-state index contributed by atoms with van der Waals surface area (Å²) in [5.41, 5.74) is 6.80. The molecule has 0 aromatic rings. The van der Waals surface area contributed by atoms with Crippen molar-refractivity contribution in [3.05, 3.63) is 5.21 Å². The van der Waals surface area contributed by atoms with Gasteiger partial charge in [0.05, 0.1) is 11.8 Å². The van der Waals surface area contributed by atoms with Crippen LogP contribution in [0.15, 0.2) is 0 Å². The maximum atomic E-state index is 11.5. The van der Waals surface area contributed by atoms with Gasteiger partial charge in [0.15, 0.2) is 0 Å². The number of hydrogen-bond donors (Lipinski definition) is 2. The molecule has 0 radical (unpaired) electrons. The van der Waals surface area contributed by atoms with Gasteiger partial charge in [-0.1, -0.05) is 0 Å². The van der Waals surface area contributed by atoms with Crippen LogP contribution in [0.3, 0.4) is 0 Å². The number of rotatable bonds is 5. The van der Waals surface area contributed by atoms with Crippen molar-refractivity contribution in [2.24, 2.45) is 5.73 Å². The molecule has 0 aliphatic rings. The van der Waals surface area contributed by atoms with E-state index in [1.807, 2.05) is 5.43 Å². The van der Waals surface area contributed by atoms with Gasteiger partial charge in [-0.05, 0) is 0 Å². The first-order valence-electron chi connectivity index (χ1n) is 3.32. The molecule has 0 unspecified atom stereocenters. The van der Waals surface area contributed by atoms with Gasteiger partial charge in [-0.3, -0.25) is 4.76 Å². The summed E-state index contributed by atoms with van der Waals surface area (Å²) in [5.74, 6) is 0.279. The number of alkyl halides is 2. The Balaban J connectivity index is 4.07. The van der Waals surface area contributed by atoms with Gasteiger partial charge in [-0.25, -0.2) is 4.79 Å². The number of nitrogens with zero attached hydrogens (tertiary/aromatic N) is 1. The van der Waals surface area contributed by atoms with Crippen LogP contribution in [0.25, 0.3) is 0 Å². The predicted molar refractivity (Wildman–Crippen MR) is 47.5 cm³/mol. The zero-order valence-corrected chi connectivity index (χ0v) is 7.94. The molecular weight excluding hydrogens is 205 g/mol. The molecule has 0 atom stereocenters. The Morgan fingerprint density at radius 1 is 1.42 bits per heavy atom. The second kappa shape index (κ2) is 5.42. The number of hydrogen-bond acceptors (Lipinski definition) is 2. The van der Waals surface area contributed by atoms with E-state index in [1.165, 1.54) is 0 Å². The first-order chi connectivity index (χ1) is 5.54. The number of nitrogens with two attached hydrogens (primary N) is 1. The number of amides is 2. The fraction of sp³-hybridized carbons (Fsp3) is 0.800. The van der Waals surface area contributed by atoms with Crippen molar-refractivity contribution in [1.82, 2.24) is 5.43 Å². The van der Waals surface area contributed by atoms with Crippen LogP contribution in [0.2, 0.25) is 0 Å². The predicted octanol–water partition coefficient (Wildman–Crippen LogP) is 0.362. The van der Waals surface area contributed by atoms with Gasteiger partial charge in [-0.15, -0.1) is 23.2 Å². The number of hydroxylamine groups is 2. The van der Waals surface area contributed by atoms with E-state index >= 15 is 0 Å². The minimum atomic E-state index is -0.970. The van der Waals surface area contributed by atoms with Crippen molar-refractivity contribution in [3.8, 4) is 0 Å². The number of quaternary nitrogens is 1. The van der Waals surface area contributed by atoms with E-state index < -0.39 is 10.8 Å². The summed E-state index contributed by atoms with van der Waals surface area (Å²) in [5, 5.41) is 11.5. The molecule has 0 saturated carbocycles. The monoisotopic (exact) mass is 215 g/mol. The highest BCUT2D eigenvalue weighted by Crippen LogP contribution is 2.00. The second-order valence-corrected chi connectivity index (χ2v) is 2.95. The maximum Gasteiger partial charge on any atom is 0.356 e. The average Bonchev–Trinajstić information content (AvgIpc) is 1.85. The van der Waals surface area contributed by atoms with Gasteiger partial charge in [0.25, 0.3) is 0 Å². The van der Waals surface area contributed by atoms with Crippen LogP contribution >= 0.6 is 23.2 Å². The summed E-state index contributed by atoms with van der Waals surface area (Å²) in [6, 6.07) is -0.875. The molecule has 0 aliphatic heterocycles. The smallest absolute Gasteiger partial charge is 0.356 e. The van der Waals surface area contributed by atoms with Crippen LogP contribution < -0.4 is 11.2 Å². The molecule has 0 fully saturated rings. The molecule has 0 aromatic heterocycles. The third kappa shape index (κ3) is 4.61. The number of carbonyl (C=O) groups excluding carboxylic acids is 1. The Kier molecular flexibility index (Phi) is 5.32. The van der Waals surface area contributed by atoms with E-state index in [0.29, 0.717) is 0 Å². The zero-order valence-electron chi connectivity index (χ0n) is 6.43. The molecule has 2 amide bonds. The van der Waals surface area contributed by atoms with Crippen LogP contribution in [0, 0.1) is 5.21 Å². The molecule has 5 nitrogen and oxygen atoms in total. The third-order valence-corrected chi connectivity index (χ3v) is 1.54. The highest BCUT2D eigenvalue weighted by molar-refractivity contribution is 6.18. The molecule has 0 bridgehead atoms. The van der Waals surface area contributed by atoms with E-state index in [4.69, 9.17) is 28.9 Å². The molecule has 3 N–H and O–H groups in total. The number of halogens is 2. The normalized spacial score (nSPS) is 11.2. The molecule has 72 valence electrons. The van der Waals surface area contributed by atoms with Crippen molar-refractivity contribution in [2.75, 3.05) is 24.8 Å². The maximum absolute atomic E-state index is 11.5. The molecule has 0 heterocycles. The SMILES string of the molecule is NC(=O)N[N+]([O-])(CCCl)CCCl. The summed E-state index contributed by atoms with van der Waals surface area (Å²) < 4.78 is -0.970. The third-order valence-electron chi connectivity index (χ3n) is 1.21. The molecule has 0 aliphatic carbocycles. The fourth-order valence-corrected chi connectivity index (χ4v) is 1.24. The van der Waals surface area contributed by atoms with Crippen molar-refractivity contribution in [2.45, 2.75) is 0 Å². The standard InChI is InChI=1S/C5H11Cl2N3O2/c6-1-3-10(12,4-2-7)9-5(8)11/h1-4H2,(H3,8,9,11). The van der Waals surface area contributed by atoms with E-state index in [1.54, 1.807) is 0 Å². The van der Waals surface area contributed by atoms with Crippen LogP contribution in [0.1, 0.15) is 0 Å². The van der Waals surface area contributed by atoms with Gasteiger partial charge in [0, 0.05) is 0 Å². The molecule has 0 aromatic carbocycles. The van der Waals surface area contributed by atoms with Crippen molar-refractivity contribution < 1.29 is 9.55 Å². The van der Waals surface area contributed by atoms with Crippen LogP contribution in [0.5, 0.6) is 0 Å². The summed E-state index contributed by atoms with van der Waals surface area (Å²) in [6.07, 6.45) is 0. The first kappa shape index (κ1) is 11.8. The number of urea groups is 1. The highest BCUT2D eigenvalue weighted by Gasteiger charge is 2.17. The van der Waals surface area contributed by atoms with Gasteiger partial charge in [-0.2, -0.15) is 5.43 Å². The Morgan fingerprint density at radius 3 is 2.08 bits per heavy atom. The molecule has 0 spiro atoms. The van der Waals surface area contributed by atoms with E-state index in [9.17, 15) is 10.0 Å². The summed E-state index contributed by atoms with van der Waals surface area (Å²) >= 11 is 10.7. The molecular formula is C5H11Cl2N3O2. The number of primary amides is 1. The van der Waals surface area contributed by atoms with Crippen LogP contribution in [0.4, 0.5) is 4.79 Å². The van der Waals surface area contributed by atoms with Gasteiger partial charge >= 0.3 is 6.03 Å². The van der Waals surface area contributed by atoms with Crippen molar-refractivity contribution >= 4 is 29.2 Å². The Morgan fingerprint density at radius 2 is 1.83 bits per heavy atom. The first-order valence-corrected chi connectivity index (χ1v) is 4.39. The summed E-state index contributed by atoms with van der Waals surface area (Å²) in [4.78, 5) is 10.4. The summed E-state index contributed by atoms with van der Waals surface area (Å²) in [7, 11) is 0. The Bertz CT molecular complexity index is 150. The van der Waals surface area contributed by atoms with Crippen LogP contribution in [-0.2, 0) is 0 Å². The minimum Gasteiger partial charge on any atom is -0.606 e. The lowest BCUT2D eigenvalue weighted by atomic mass is 10.6. The topological polar surface area (TPSA) is 78.2 Å². The van der Waals surface area contributed by atoms with Crippen LogP contribution in [-0.4, -0.2) is 35.6 Å². The highest BCUT2D eigenvalue weighted by atomic mass is 35.5. The number of nitrogens with one attached hydrogen (secondary N) is 1. The fourth-order valence-electron chi connectivity index (χ4n) is 0.697. The van der Waals surface area contributed by atoms with Crippen molar-refractivity contribution in [1.29, 1.82) is 0 Å². The minimum absolute atomic E-state index is 0.0528. The lowest BCUT2D eigenvalue weighted by Gasteiger charge is -2.39. The van der Waals surface area contributed by atoms with Gasteiger partial charge < -0.3 is 10.9 Å². The van der Waals surface area contributed by atoms with Crippen molar-refractivity contribution in [3.63, 3.8) is 0 Å². The van der Waals surface area contributed by atoms with E-state index in [-0.39, 0.29) is 24.8 Å². The van der Waals surface area contributed by atoms with E-state index in [2.05, 4.69) is 0 Å². The largest absolute Gasteiger partial charge is 0.606 e. The lowest BCUT2D eigenvalue weighted by molar-refractivity contribution is -0.910. The number of carbonyl (C=O) groups is 1.